The number of hydrogen-bond acceptors (Lipinski definition) is 6. The van der Waals surface area contributed by atoms with Crippen LogP contribution in [0.4, 0.5) is 11.6 Å². The number of aromatic nitrogens is 2. The molecule has 2 rings (SSSR count). The maximum Gasteiger partial charge on any atom is 0.315 e. The molecule has 0 spiro atoms. The van der Waals surface area contributed by atoms with Gasteiger partial charge in [0.1, 0.15) is 0 Å². The van der Waals surface area contributed by atoms with Gasteiger partial charge in [0.2, 0.25) is 11.7 Å². The molecule has 3 N–H and O–H groups in total. The molecule has 1 aromatic carbocycles. The number of phenolic OH excluding ortho intramolecular Hbond substituents is 1. The number of rotatable bonds is 3. The van der Waals surface area contributed by atoms with Crippen LogP contribution in [0.1, 0.15) is 16.8 Å². The number of aromatic hydroxyl groups is 1. The first-order chi connectivity index (χ1) is 9.81. The molecular weight excluding hydrogens is 298 g/mol. The quantitative estimate of drug-likeness (QED) is 0.512. The Morgan fingerprint density at radius 2 is 2.24 bits per heavy atom. The Kier molecular flexibility index (Phi) is 3.81. The fourth-order valence-corrected chi connectivity index (χ4v) is 1.99. The van der Waals surface area contributed by atoms with E-state index < -0.39 is 16.4 Å². The van der Waals surface area contributed by atoms with Gasteiger partial charge in [-0.3, -0.25) is 10.1 Å². The maximum atomic E-state index is 11.0. The summed E-state index contributed by atoms with van der Waals surface area (Å²) in [6, 6.07) is 1.39. The summed E-state index contributed by atoms with van der Waals surface area (Å²) in [7, 11) is 0. The zero-order chi connectivity index (χ0) is 15.7. The third kappa shape index (κ3) is 2.79. The molecule has 0 aliphatic heterocycles. The lowest BCUT2D eigenvalue weighted by Crippen LogP contribution is -1.99. The van der Waals surface area contributed by atoms with Crippen molar-refractivity contribution in [3.8, 4) is 5.75 Å². The Balaban J connectivity index is 2.50. The van der Waals surface area contributed by atoms with Gasteiger partial charge in [-0.25, -0.2) is 9.66 Å². The highest BCUT2D eigenvalue weighted by Crippen LogP contribution is 2.36. The van der Waals surface area contributed by atoms with Crippen molar-refractivity contribution in [2.75, 3.05) is 5.73 Å². The molecule has 2 aromatic rings. The van der Waals surface area contributed by atoms with Crippen molar-refractivity contribution in [3.63, 3.8) is 0 Å². The normalized spacial score (nSPS) is 11.2. The SMILES string of the molecule is Cc1cn(N=Cc2cc(Cl)c(C)c([N+](=O)[O-])c2O)c(N)n1. The van der Waals surface area contributed by atoms with Crippen molar-refractivity contribution in [1.29, 1.82) is 0 Å². The van der Waals surface area contributed by atoms with Crippen molar-refractivity contribution in [2.45, 2.75) is 13.8 Å². The first-order valence-corrected chi connectivity index (χ1v) is 6.21. The first-order valence-electron chi connectivity index (χ1n) is 5.83. The molecule has 21 heavy (non-hydrogen) atoms. The Bertz CT molecular complexity index is 754. The first kappa shape index (κ1) is 14.8. The second kappa shape index (κ2) is 5.41. The highest BCUT2D eigenvalue weighted by molar-refractivity contribution is 6.32. The van der Waals surface area contributed by atoms with Gasteiger partial charge in [0.15, 0.2) is 0 Å². The summed E-state index contributed by atoms with van der Waals surface area (Å²) in [5.41, 5.74) is 6.14. The van der Waals surface area contributed by atoms with Crippen LogP contribution in [-0.2, 0) is 0 Å². The molecule has 0 atom stereocenters. The number of halogens is 1. The van der Waals surface area contributed by atoms with Gasteiger partial charge in [-0.05, 0) is 19.9 Å². The fourth-order valence-electron chi connectivity index (χ4n) is 1.78. The Labute approximate surface area is 124 Å². The molecule has 0 amide bonds. The van der Waals surface area contributed by atoms with E-state index in [1.54, 1.807) is 13.1 Å². The molecule has 8 nitrogen and oxygen atoms in total. The van der Waals surface area contributed by atoms with Crippen LogP contribution in [0.2, 0.25) is 5.02 Å². The van der Waals surface area contributed by atoms with Gasteiger partial charge < -0.3 is 10.8 Å². The molecule has 1 aromatic heterocycles. The monoisotopic (exact) mass is 309 g/mol. The Hall–Kier alpha value is -2.61. The van der Waals surface area contributed by atoms with Crippen LogP contribution in [0.15, 0.2) is 17.4 Å². The summed E-state index contributed by atoms with van der Waals surface area (Å²) >= 11 is 5.93. The van der Waals surface area contributed by atoms with Crippen molar-refractivity contribution < 1.29 is 10.0 Å². The molecule has 0 bridgehead atoms. The van der Waals surface area contributed by atoms with E-state index >= 15 is 0 Å². The average molecular weight is 310 g/mol. The van der Waals surface area contributed by atoms with E-state index in [1.165, 1.54) is 23.9 Å². The summed E-state index contributed by atoms with van der Waals surface area (Å²) in [5.74, 6) is -0.336. The van der Waals surface area contributed by atoms with Gasteiger partial charge in [0.25, 0.3) is 0 Å². The molecule has 0 saturated carbocycles. The van der Waals surface area contributed by atoms with E-state index in [0.717, 1.165) is 0 Å². The summed E-state index contributed by atoms with van der Waals surface area (Å²) in [5, 5.41) is 25.1. The summed E-state index contributed by atoms with van der Waals surface area (Å²) < 4.78 is 1.29. The minimum absolute atomic E-state index is 0.114. The Morgan fingerprint density at radius 1 is 1.57 bits per heavy atom. The molecule has 0 unspecified atom stereocenters. The molecular formula is C12H12ClN5O3. The lowest BCUT2D eigenvalue weighted by atomic mass is 10.1. The average Bonchev–Trinajstić information content (AvgIpc) is 2.70. The number of nitro benzene ring substituents is 1. The zero-order valence-corrected chi connectivity index (χ0v) is 12.0. The molecule has 0 radical (unpaired) electrons. The van der Waals surface area contributed by atoms with E-state index in [9.17, 15) is 15.2 Å². The van der Waals surface area contributed by atoms with E-state index in [-0.39, 0.29) is 22.1 Å². The van der Waals surface area contributed by atoms with Crippen molar-refractivity contribution in [1.82, 2.24) is 9.66 Å². The summed E-state index contributed by atoms with van der Waals surface area (Å²) in [6.45, 7) is 3.20. The standard InChI is InChI=1S/C12H12ClN5O3/c1-6-5-17(12(14)16-6)15-4-8-3-9(13)7(2)10(11(8)19)18(20)21/h3-5,19H,1-2H3,(H2,14,16). The second-order valence-corrected chi connectivity index (χ2v) is 4.76. The lowest BCUT2D eigenvalue weighted by Gasteiger charge is -2.05. The number of nitrogens with zero attached hydrogens (tertiary/aromatic N) is 4. The van der Waals surface area contributed by atoms with E-state index in [0.29, 0.717) is 5.69 Å². The topological polar surface area (TPSA) is 120 Å². The molecule has 110 valence electrons. The number of nitrogens with two attached hydrogens (primary N) is 1. The lowest BCUT2D eigenvalue weighted by molar-refractivity contribution is -0.386. The third-order valence-corrected chi connectivity index (χ3v) is 3.22. The van der Waals surface area contributed by atoms with Crippen LogP contribution < -0.4 is 5.73 Å². The Morgan fingerprint density at radius 3 is 2.76 bits per heavy atom. The number of benzene rings is 1. The minimum Gasteiger partial charge on any atom is -0.502 e. The van der Waals surface area contributed by atoms with Crippen LogP contribution in [0.3, 0.4) is 0 Å². The molecule has 1 heterocycles. The molecule has 0 fully saturated rings. The van der Waals surface area contributed by atoms with Gasteiger partial charge in [-0.1, -0.05) is 11.6 Å². The summed E-state index contributed by atoms with van der Waals surface area (Å²) in [4.78, 5) is 14.2. The number of nitrogen functional groups attached to an aromatic ring is 1. The number of imidazole rings is 1. The largest absolute Gasteiger partial charge is 0.502 e. The van der Waals surface area contributed by atoms with Crippen LogP contribution >= 0.6 is 11.6 Å². The highest BCUT2D eigenvalue weighted by Gasteiger charge is 2.22. The van der Waals surface area contributed by atoms with Gasteiger partial charge in [0.05, 0.1) is 28.1 Å². The van der Waals surface area contributed by atoms with Crippen LogP contribution in [0.25, 0.3) is 0 Å². The van der Waals surface area contributed by atoms with Crippen LogP contribution in [0, 0.1) is 24.0 Å². The summed E-state index contributed by atoms with van der Waals surface area (Å²) in [6.07, 6.45) is 2.80. The third-order valence-electron chi connectivity index (χ3n) is 2.83. The molecule has 0 aliphatic rings. The number of aryl methyl sites for hydroxylation is 1. The predicted octanol–water partition coefficient (Wildman–Crippen LogP) is 2.23. The van der Waals surface area contributed by atoms with Gasteiger partial charge in [-0.15, -0.1) is 0 Å². The van der Waals surface area contributed by atoms with Crippen molar-refractivity contribution in [3.05, 3.63) is 44.2 Å². The van der Waals surface area contributed by atoms with Crippen LogP contribution in [0.5, 0.6) is 5.75 Å². The van der Waals surface area contributed by atoms with Gasteiger partial charge >= 0.3 is 5.69 Å². The number of nitro groups is 1. The number of hydrogen-bond donors (Lipinski definition) is 2. The number of anilines is 1. The van der Waals surface area contributed by atoms with E-state index in [2.05, 4.69) is 10.1 Å². The maximum absolute atomic E-state index is 11.0. The van der Waals surface area contributed by atoms with Crippen molar-refractivity contribution in [2.24, 2.45) is 5.10 Å². The van der Waals surface area contributed by atoms with Gasteiger partial charge in [-0.2, -0.15) is 5.10 Å². The molecule has 0 aliphatic carbocycles. The van der Waals surface area contributed by atoms with Gasteiger partial charge in [0, 0.05) is 11.1 Å². The second-order valence-electron chi connectivity index (χ2n) is 4.36. The fraction of sp³-hybridized carbons (Fsp3) is 0.167. The predicted molar refractivity (Wildman–Crippen MR) is 78.9 cm³/mol. The number of phenols is 1. The zero-order valence-electron chi connectivity index (χ0n) is 11.2. The van der Waals surface area contributed by atoms with E-state index in [1.807, 2.05) is 0 Å². The van der Waals surface area contributed by atoms with Crippen molar-refractivity contribution >= 4 is 29.5 Å². The van der Waals surface area contributed by atoms with Crippen LogP contribution in [-0.4, -0.2) is 25.9 Å². The molecule has 0 saturated heterocycles. The minimum atomic E-state index is -0.691. The highest BCUT2D eigenvalue weighted by atomic mass is 35.5. The smallest absolute Gasteiger partial charge is 0.315 e. The molecule has 9 heteroatoms. The van der Waals surface area contributed by atoms with E-state index in [4.69, 9.17) is 17.3 Å².